The maximum atomic E-state index is 11.9. The lowest BCUT2D eigenvalue weighted by Gasteiger charge is -2.17. The maximum Gasteiger partial charge on any atom is 0.411 e. The lowest BCUT2D eigenvalue weighted by atomic mass is 10.1. The second kappa shape index (κ2) is 7.41. The second-order valence-corrected chi connectivity index (χ2v) is 4.06. The zero-order valence-corrected chi connectivity index (χ0v) is 10.7. The van der Waals surface area contributed by atoms with Gasteiger partial charge in [-0.25, -0.2) is 4.68 Å². The Labute approximate surface area is 109 Å². The summed E-state index contributed by atoms with van der Waals surface area (Å²) in [6.45, 7) is 1.36. The second-order valence-electron chi connectivity index (χ2n) is 4.06. The molecule has 1 aromatic rings. The maximum absolute atomic E-state index is 11.9. The molecule has 1 rings (SSSR count). The molecule has 0 bridgehead atoms. The number of hydrazine groups is 1. The third-order valence-electron chi connectivity index (χ3n) is 2.46. The van der Waals surface area contributed by atoms with Gasteiger partial charge in [-0.1, -0.05) is 12.1 Å². The van der Waals surface area contributed by atoms with Crippen LogP contribution in [-0.2, 0) is 11.3 Å². The number of aryl methyl sites for hydroxylation is 1. The van der Waals surface area contributed by atoms with Gasteiger partial charge in [-0.3, -0.25) is 11.3 Å². The first kappa shape index (κ1) is 15.9. The molecule has 1 aromatic heterocycles. The fourth-order valence-corrected chi connectivity index (χ4v) is 1.63. The normalized spacial score (nSPS) is 13.7. The van der Waals surface area contributed by atoms with Gasteiger partial charge in [-0.2, -0.15) is 13.2 Å². The molecule has 9 heteroatoms. The van der Waals surface area contributed by atoms with Gasteiger partial charge < -0.3 is 4.74 Å². The molecule has 0 aliphatic heterocycles. The highest BCUT2D eigenvalue weighted by atomic mass is 19.4. The molecule has 6 nitrogen and oxygen atoms in total. The van der Waals surface area contributed by atoms with Crippen LogP contribution in [-0.4, -0.2) is 34.4 Å². The van der Waals surface area contributed by atoms with E-state index in [0.29, 0.717) is 13.0 Å². The summed E-state index contributed by atoms with van der Waals surface area (Å²) in [5, 5.41) is 7.67. The molecule has 0 aliphatic rings. The van der Waals surface area contributed by atoms with Crippen molar-refractivity contribution in [3.05, 3.63) is 11.9 Å². The lowest BCUT2D eigenvalue weighted by Crippen LogP contribution is -2.31. The summed E-state index contributed by atoms with van der Waals surface area (Å²) in [4.78, 5) is 0. The van der Waals surface area contributed by atoms with E-state index < -0.39 is 12.8 Å². The van der Waals surface area contributed by atoms with Crippen molar-refractivity contribution in [2.45, 2.75) is 38.5 Å². The van der Waals surface area contributed by atoms with Crippen LogP contribution in [0.4, 0.5) is 13.2 Å². The van der Waals surface area contributed by atoms with Gasteiger partial charge >= 0.3 is 6.18 Å². The molecule has 0 saturated carbocycles. The van der Waals surface area contributed by atoms with Crippen LogP contribution in [0.1, 0.15) is 31.5 Å². The van der Waals surface area contributed by atoms with Crippen LogP contribution in [0.5, 0.6) is 0 Å². The number of hydrogen-bond donors (Lipinski definition) is 2. The van der Waals surface area contributed by atoms with E-state index in [1.165, 1.54) is 0 Å². The molecule has 1 atom stereocenters. The third-order valence-corrected chi connectivity index (χ3v) is 2.46. The number of nitrogens with zero attached hydrogens (tertiary/aromatic N) is 3. The van der Waals surface area contributed by atoms with Gasteiger partial charge in [0.2, 0.25) is 0 Å². The smallest absolute Gasteiger partial charge is 0.372 e. The zero-order chi connectivity index (χ0) is 14.3. The van der Waals surface area contributed by atoms with Crippen molar-refractivity contribution in [3.63, 3.8) is 0 Å². The van der Waals surface area contributed by atoms with E-state index in [9.17, 15) is 13.2 Å². The Hall–Kier alpha value is -1.19. The van der Waals surface area contributed by atoms with Gasteiger partial charge in [0.1, 0.15) is 6.61 Å². The first-order chi connectivity index (χ1) is 8.98. The van der Waals surface area contributed by atoms with E-state index in [-0.39, 0.29) is 12.6 Å². The van der Waals surface area contributed by atoms with Crippen molar-refractivity contribution < 1.29 is 17.9 Å². The predicted molar refractivity (Wildman–Crippen MR) is 61.9 cm³/mol. The van der Waals surface area contributed by atoms with Crippen molar-refractivity contribution in [2.75, 3.05) is 13.2 Å². The molecule has 0 fully saturated rings. The molecule has 1 heterocycles. The summed E-state index contributed by atoms with van der Waals surface area (Å²) in [7, 11) is 0. The zero-order valence-electron chi connectivity index (χ0n) is 10.7. The Morgan fingerprint density at radius 3 is 2.84 bits per heavy atom. The molecule has 0 amide bonds. The summed E-state index contributed by atoms with van der Waals surface area (Å²) in [5.74, 6) is 5.40. The number of halogens is 3. The monoisotopic (exact) mass is 281 g/mol. The topological polar surface area (TPSA) is 78.0 Å². The van der Waals surface area contributed by atoms with Crippen LogP contribution in [0.25, 0.3) is 0 Å². The molecule has 0 spiro atoms. The van der Waals surface area contributed by atoms with Crippen molar-refractivity contribution in [2.24, 2.45) is 5.84 Å². The Balaban J connectivity index is 2.46. The third kappa shape index (κ3) is 5.53. The Bertz CT molecular complexity index is 368. The Morgan fingerprint density at radius 2 is 2.26 bits per heavy atom. The molecule has 0 aromatic carbocycles. The molecule has 1 unspecified atom stereocenters. The minimum Gasteiger partial charge on any atom is -0.372 e. The molecule has 19 heavy (non-hydrogen) atoms. The number of nitrogens with one attached hydrogen (secondary N) is 1. The van der Waals surface area contributed by atoms with Gasteiger partial charge in [-0.15, -0.1) is 5.10 Å². The van der Waals surface area contributed by atoms with Gasteiger partial charge in [0, 0.05) is 13.2 Å². The average molecular weight is 281 g/mol. The standard InChI is InChI=1S/C10H18F3N5O/c1-2-4-18-9(6-15-17-18)8(16-14)3-5-19-7-10(11,12)13/h6,8,16H,2-5,7,14H2,1H3. The van der Waals surface area contributed by atoms with Gasteiger partial charge in [0.05, 0.1) is 17.9 Å². The Morgan fingerprint density at radius 1 is 1.53 bits per heavy atom. The van der Waals surface area contributed by atoms with E-state index in [1.54, 1.807) is 10.9 Å². The van der Waals surface area contributed by atoms with E-state index in [1.807, 2.05) is 6.92 Å². The highest BCUT2D eigenvalue weighted by Crippen LogP contribution is 2.17. The number of hydrogen-bond acceptors (Lipinski definition) is 5. The number of rotatable bonds is 8. The van der Waals surface area contributed by atoms with Crippen LogP contribution in [0, 0.1) is 0 Å². The minimum atomic E-state index is -4.31. The molecule has 110 valence electrons. The van der Waals surface area contributed by atoms with Crippen LogP contribution in [0.15, 0.2) is 6.20 Å². The fraction of sp³-hybridized carbons (Fsp3) is 0.800. The van der Waals surface area contributed by atoms with Crippen molar-refractivity contribution in [1.29, 1.82) is 0 Å². The SMILES string of the molecule is CCCn1nncc1C(CCOCC(F)(F)F)NN. The summed E-state index contributed by atoms with van der Waals surface area (Å²) in [5.41, 5.74) is 3.27. The largest absolute Gasteiger partial charge is 0.411 e. The summed E-state index contributed by atoms with van der Waals surface area (Å²) >= 11 is 0. The first-order valence-electron chi connectivity index (χ1n) is 5.97. The van der Waals surface area contributed by atoms with Crippen LogP contribution < -0.4 is 11.3 Å². The van der Waals surface area contributed by atoms with Gasteiger partial charge in [0.15, 0.2) is 0 Å². The number of alkyl halides is 3. The molecule has 0 saturated heterocycles. The summed E-state index contributed by atoms with van der Waals surface area (Å²) < 4.78 is 42.0. The van der Waals surface area contributed by atoms with E-state index in [4.69, 9.17) is 5.84 Å². The van der Waals surface area contributed by atoms with E-state index in [2.05, 4.69) is 20.5 Å². The molecular weight excluding hydrogens is 263 g/mol. The number of nitrogens with two attached hydrogens (primary N) is 1. The van der Waals surface area contributed by atoms with E-state index in [0.717, 1.165) is 12.1 Å². The molecule has 0 aliphatic carbocycles. The average Bonchev–Trinajstić information content (AvgIpc) is 2.77. The molecule has 0 radical (unpaired) electrons. The summed E-state index contributed by atoms with van der Waals surface area (Å²) in [6, 6.07) is -0.338. The van der Waals surface area contributed by atoms with Crippen molar-refractivity contribution in [1.82, 2.24) is 20.4 Å². The molecule has 3 N–H and O–H groups in total. The van der Waals surface area contributed by atoms with Crippen molar-refractivity contribution in [3.8, 4) is 0 Å². The summed E-state index contributed by atoms with van der Waals surface area (Å²) in [6.07, 6.45) is -1.58. The fourth-order valence-electron chi connectivity index (χ4n) is 1.63. The number of aromatic nitrogens is 3. The lowest BCUT2D eigenvalue weighted by molar-refractivity contribution is -0.174. The Kier molecular flexibility index (Phi) is 6.19. The first-order valence-corrected chi connectivity index (χ1v) is 5.97. The van der Waals surface area contributed by atoms with Crippen LogP contribution in [0.2, 0.25) is 0 Å². The quantitative estimate of drug-likeness (QED) is 0.425. The van der Waals surface area contributed by atoms with Crippen LogP contribution >= 0.6 is 0 Å². The van der Waals surface area contributed by atoms with Crippen molar-refractivity contribution >= 4 is 0 Å². The highest BCUT2D eigenvalue weighted by molar-refractivity contribution is 5.01. The number of ether oxygens (including phenoxy) is 1. The van der Waals surface area contributed by atoms with Crippen LogP contribution in [0.3, 0.4) is 0 Å². The van der Waals surface area contributed by atoms with E-state index >= 15 is 0 Å². The minimum absolute atomic E-state index is 0.0499. The predicted octanol–water partition coefficient (Wildman–Crippen LogP) is 1.16. The highest BCUT2D eigenvalue weighted by Gasteiger charge is 2.27. The molecular formula is C10H18F3N5O. The van der Waals surface area contributed by atoms with Gasteiger partial charge in [-0.05, 0) is 12.8 Å². The van der Waals surface area contributed by atoms with Gasteiger partial charge in [0.25, 0.3) is 0 Å².